The summed E-state index contributed by atoms with van der Waals surface area (Å²) in [5, 5.41) is 25.7. The number of nitro groups is 1. The maximum Gasteiger partial charge on any atom is 0.329 e. The van der Waals surface area contributed by atoms with Gasteiger partial charge in [-0.15, -0.1) is 0 Å². The minimum atomic E-state index is -0.511. The number of aromatic nitrogens is 2. The molecule has 0 spiro atoms. The van der Waals surface area contributed by atoms with Crippen molar-refractivity contribution in [3.8, 4) is 0 Å². The minimum Gasteiger partial charge on any atom is -0.396 e. The molecule has 1 atom stereocenters. The Bertz CT molecular complexity index is 441. The molecule has 0 aliphatic heterocycles. The molecule has 0 fully saturated rings. The van der Waals surface area contributed by atoms with E-state index in [0.29, 0.717) is 25.5 Å². The SMILES string of the molecule is CCCNc1ncc([N+](=O)[O-])c(NCC(C)CCO)n1. The quantitative estimate of drug-likeness (QED) is 0.466. The smallest absolute Gasteiger partial charge is 0.329 e. The van der Waals surface area contributed by atoms with Gasteiger partial charge in [0.05, 0.1) is 4.92 Å². The third-order valence-corrected chi connectivity index (χ3v) is 2.74. The van der Waals surface area contributed by atoms with E-state index < -0.39 is 4.92 Å². The van der Waals surface area contributed by atoms with Crippen molar-refractivity contribution in [1.29, 1.82) is 0 Å². The third-order valence-electron chi connectivity index (χ3n) is 2.74. The Balaban J connectivity index is 2.80. The minimum absolute atomic E-state index is 0.0953. The van der Waals surface area contributed by atoms with E-state index in [1.165, 1.54) is 6.20 Å². The number of nitrogens with one attached hydrogen (secondary N) is 2. The molecule has 112 valence electrons. The van der Waals surface area contributed by atoms with Crippen molar-refractivity contribution < 1.29 is 10.0 Å². The van der Waals surface area contributed by atoms with E-state index in [2.05, 4.69) is 20.6 Å². The topological polar surface area (TPSA) is 113 Å². The summed E-state index contributed by atoms with van der Waals surface area (Å²) < 4.78 is 0. The number of aliphatic hydroxyl groups is 1. The summed E-state index contributed by atoms with van der Waals surface area (Å²) in [6.07, 6.45) is 2.74. The van der Waals surface area contributed by atoms with Crippen molar-refractivity contribution in [2.24, 2.45) is 5.92 Å². The van der Waals surface area contributed by atoms with Gasteiger partial charge < -0.3 is 15.7 Å². The second-order valence-electron chi connectivity index (χ2n) is 4.61. The molecule has 1 aromatic heterocycles. The van der Waals surface area contributed by atoms with Crippen LogP contribution in [0.3, 0.4) is 0 Å². The van der Waals surface area contributed by atoms with Crippen LogP contribution in [0.2, 0.25) is 0 Å². The molecule has 8 nitrogen and oxygen atoms in total. The van der Waals surface area contributed by atoms with Crippen LogP contribution in [-0.4, -0.2) is 39.7 Å². The van der Waals surface area contributed by atoms with Crippen molar-refractivity contribution in [2.45, 2.75) is 26.7 Å². The van der Waals surface area contributed by atoms with Crippen molar-refractivity contribution in [3.05, 3.63) is 16.3 Å². The first kappa shape index (κ1) is 16.1. The maximum absolute atomic E-state index is 10.9. The molecule has 8 heteroatoms. The van der Waals surface area contributed by atoms with Gasteiger partial charge in [-0.05, 0) is 18.8 Å². The fourth-order valence-corrected chi connectivity index (χ4v) is 1.55. The van der Waals surface area contributed by atoms with E-state index >= 15 is 0 Å². The van der Waals surface area contributed by atoms with E-state index in [-0.39, 0.29) is 24.0 Å². The molecule has 0 saturated carbocycles. The number of hydrogen-bond donors (Lipinski definition) is 3. The lowest BCUT2D eigenvalue weighted by molar-refractivity contribution is -0.384. The molecule has 3 N–H and O–H groups in total. The average Bonchev–Trinajstić information content (AvgIpc) is 2.43. The van der Waals surface area contributed by atoms with Crippen LogP contribution < -0.4 is 10.6 Å². The first-order valence-electron chi connectivity index (χ1n) is 6.68. The van der Waals surface area contributed by atoms with E-state index in [9.17, 15) is 10.1 Å². The monoisotopic (exact) mass is 283 g/mol. The molecule has 0 aliphatic rings. The highest BCUT2D eigenvalue weighted by atomic mass is 16.6. The molecule has 1 aromatic rings. The Hall–Kier alpha value is -1.96. The summed E-state index contributed by atoms with van der Waals surface area (Å²) in [5.74, 6) is 0.768. The van der Waals surface area contributed by atoms with Crippen LogP contribution in [0.15, 0.2) is 6.20 Å². The van der Waals surface area contributed by atoms with Crippen molar-refractivity contribution in [3.63, 3.8) is 0 Å². The number of rotatable bonds is 9. The normalized spacial score (nSPS) is 11.9. The van der Waals surface area contributed by atoms with E-state index in [1.807, 2.05) is 13.8 Å². The summed E-state index contributed by atoms with van der Waals surface area (Å²) in [5.41, 5.74) is -0.150. The van der Waals surface area contributed by atoms with Gasteiger partial charge in [0.15, 0.2) is 0 Å². The molecule has 0 aromatic carbocycles. The van der Waals surface area contributed by atoms with E-state index in [0.717, 1.165) is 6.42 Å². The zero-order valence-electron chi connectivity index (χ0n) is 11.8. The first-order valence-corrected chi connectivity index (χ1v) is 6.68. The molecular weight excluding hydrogens is 262 g/mol. The average molecular weight is 283 g/mol. The molecule has 1 unspecified atom stereocenters. The van der Waals surface area contributed by atoms with Gasteiger partial charge >= 0.3 is 5.69 Å². The molecule has 0 bridgehead atoms. The van der Waals surface area contributed by atoms with Crippen LogP contribution in [0.5, 0.6) is 0 Å². The fraction of sp³-hybridized carbons (Fsp3) is 0.667. The summed E-state index contributed by atoms with van der Waals surface area (Å²) in [6.45, 7) is 5.27. The second-order valence-corrected chi connectivity index (χ2v) is 4.61. The Morgan fingerprint density at radius 3 is 2.85 bits per heavy atom. The number of nitrogens with zero attached hydrogens (tertiary/aromatic N) is 3. The molecule has 0 aliphatic carbocycles. The lowest BCUT2D eigenvalue weighted by Crippen LogP contribution is -2.15. The predicted molar refractivity (Wildman–Crippen MR) is 76.8 cm³/mol. The highest BCUT2D eigenvalue weighted by molar-refractivity contribution is 5.56. The number of aliphatic hydroxyl groups excluding tert-OH is 1. The predicted octanol–water partition coefficient (Wildman–Crippen LogP) is 1.64. The van der Waals surface area contributed by atoms with Crippen LogP contribution >= 0.6 is 0 Å². The van der Waals surface area contributed by atoms with Crippen LogP contribution in [0.25, 0.3) is 0 Å². The zero-order chi connectivity index (χ0) is 15.0. The molecule has 1 heterocycles. The summed E-state index contributed by atoms with van der Waals surface area (Å²) in [6, 6.07) is 0. The van der Waals surface area contributed by atoms with Crippen molar-refractivity contribution >= 4 is 17.5 Å². The number of anilines is 2. The van der Waals surface area contributed by atoms with Gasteiger partial charge in [0.2, 0.25) is 11.8 Å². The van der Waals surface area contributed by atoms with Gasteiger partial charge in [0.25, 0.3) is 0 Å². The highest BCUT2D eigenvalue weighted by Crippen LogP contribution is 2.22. The molecule has 0 saturated heterocycles. The Morgan fingerprint density at radius 2 is 2.25 bits per heavy atom. The summed E-state index contributed by atoms with van der Waals surface area (Å²) >= 11 is 0. The van der Waals surface area contributed by atoms with E-state index in [4.69, 9.17) is 5.11 Å². The van der Waals surface area contributed by atoms with Crippen LogP contribution in [0.4, 0.5) is 17.5 Å². The molecule has 1 rings (SSSR count). The Kier molecular flexibility index (Phi) is 6.65. The van der Waals surface area contributed by atoms with Crippen LogP contribution in [-0.2, 0) is 0 Å². The largest absolute Gasteiger partial charge is 0.396 e. The zero-order valence-corrected chi connectivity index (χ0v) is 11.8. The lowest BCUT2D eigenvalue weighted by atomic mass is 10.1. The van der Waals surface area contributed by atoms with E-state index in [1.54, 1.807) is 0 Å². The van der Waals surface area contributed by atoms with Gasteiger partial charge in [-0.2, -0.15) is 4.98 Å². The van der Waals surface area contributed by atoms with Crippen LogP contribution in [0.1, 0.15) is 26.7 Å². The standard InChI is InChI=1S/C12H21N5O3/c1-3-5-13-12-15-8-10(17(19)20)11(16-12)14-7-9(2)4-6-18/h8-9,18H,3-7H2,1-2H3,(H2,13,14,15,16). The van der Waals surface area contributed by atoms with Crippen LogP contribution in [0, 0.1) is 16.0 Å². The van der Waals surface area contributed by atoms with Gasteiger partial charge in [-0.25, -0.2) is 4.98 Å². The Labute approximate surface area is 117 Å². The van der Waals surface area contributed by atoms with Gasteiger partial charge in [-0.3, -0.25) is 10.1 Å². The number of hydrogen-bond acceptors (Lipinski definition) is 7. The molecular formula is C12H21N5O3. The molecule has 0 amide bonds. The molecule has 0 radical (unpaired) electrons. The van der Waals surface area contributed by atoms with Crippen molar-refractivity contribution in [1.82, 2.24) is 9.97 Å². The molecule has 20 heavy (non-hydrogen) atoms. The Morgan fingerprint density at radius 1 is 1.50 bits per heavy atom. The maximum atomic E-state index is 10.9. The third kappa shape index (κ3) is 4.96. The van der Waals surface area contributed by atoms with Gasteiger partial charge in [0, 0.05) is 19.7 Å². The first-order chi connectivity index (χ1) is 9.58. The fourth-order valence-electron chi connectivity index (χ4n) is 1.55. The van der Waals surface area contributed by atoms with Gasteiger partial charge in [-0.1, -0.05) is 13.8 Å². The summed E-state index contributed by atoms with van der Waals surface area (Å²) in [7, 11) is 0. The van der Waals surface area contributed by atoms with Gasteiger partial charge in [0.1, 0.15) is 6.20 Å². The van der Waals surface area contributed by atoms with Crippen molar-refractivity contribution in [2.75, 3.05) is 30.3 Å². The lowest BCUT2D eigenvalue weighted by Gasteiger charge is -2.12. The second kappa shape index (κ2) is 8.26. The summed E-state index contributed by atoms with van der Waals surface area (Å²) in [4.78, 5) is 18.5. The highest BCUT2D eigenvalue weighted by Gasteiger charge is 2.17.